The topological polar surface area (TPSA) is 64.6 Å². The molecule has 158 valence electrons. The summed E-state index contributed by atoms with van der Waals surface area (Å²) >= 11 is 0. The Morgan fingerprint density at radius 3 is 2.32 bits per heavy atom. The van der Waals surface area contributed by atoms with Crippen LogP contribution in [0.1, 0.15) is 6.42 Å². The second-order valence-electron chi connectivity index (χ2n) is 7.83. The third-order valence-electron chi connectivity index (χ3n) is 5.79. The molecule has 4 aromatic rings. The molecule has 3 heterocycles. The van der Waals surface area contributed by atoms with E-state index in [1.807, 2.05) is 36.4 Å². The predicted molar refractivity (Wildman–Crippen MR) is 122 cm³/mol. The Balaban J connectivity index is 1.47. The van der Waals surface area contributed by atoms with Gasteiger partial charge in [0.2, 0.25) is 5.71 Å². The number of nitrogens with one attached hydrogen (secondary N) is 2. The van der Waals surface area contributed by atoms with Crippen molar-refractivity contribution in [3.63, 3.8) is 0 Å². The number of fused-ring (bicyclic) bond motifs is 1. The smallest absolute Gasteiger partial charge is 0.232 e. The molecule has 0 amide bonds. The first-order valence-corrected chi connectivity index (χ1v) is 10.9. The molecule has 6 heteroatoms. The Morgan fingerprint density at radius 2 is 1.58 bits per heavy atom. The van der Waals surface area contributed by atoms with Gasteiger partial charge in [0, 0.05) is 24.1 Å². The average molecular weight is 416 g/mol. The summed E-state index contributed by atoms with van der Waals surface area (Å²) in [5, 5.41) is 4.48. The maximum Gasteiger partial charge on any atom is 0.232 e. The van der Waals surface area contributed by atoms with Gasteiger partial charge in [-0.3, -0.25) is 0 Å². The van der Waals surface area contributed by atoms with E-state index >= 15 is 0 Å². The van der Waals surface area contributed by atoms with E-state index in [2.05, 4.69) is 39.6 Å². The van der Waals surface area contributed by atoms with E-state index in [9.17, 15) is 0 Å². The van der Waals surface area contributed by atoms with Gasteiger partial charge in [0.05, 0.1) is 25.1 Å². The number of anilines is 1. The van der Waals surface area contributed by atoms with Gasteiger partial charge in [0.25, 0.3) is 0 Å². The van der Waals surface area contributed by atoms with E-state index in [1.165, 1.54) is 0 Å². The maximum atomic E-state index is 6.27. The Morgan fingerprint density at radius 1 is 0.871 bits per heavy atom. The van der Waals surface area contributed by atoms with Gasteiger partial charge in [-0.1, -0.05) is 60.7 Å². The summed E-state index contributed by atoms with van der Waals surface area (Å²) in [5.41, 5.74) is 3.76. The highest BCUT2D eigenvalue weighted by Gasteiger charge is 2.22. The summed E-state index contributed by atoms with van der Waals surface area (Å²) in [6, 6.07) is 20.5. The van der Waals surface area contributed by atoms with E-state index in [1.54, 1.807) is 11.2 Å². The van der Waals surface area contributed by atoms with Crippen molar-refractivity contribution in [1.82, 2.24) is 9.97 Å². The minimum Gasteiger partial charge on any atom is -0.437 e. The van der Waals surface area contributed by atoms with Crippen molar-refractivity contribution >= 4 is 16.9 Å². The molecule has 1 aliphatic heterocycles. The summed E-state index contributed by atoms with van der Waals surface area (Å²) in [6.45, 7) is 5.92. The average Bonchev–Trinajstić information content (AvgIpc) is 3.24. The summed E-state index contributed by atoms with van der Waals surface area (Å²) in [5.74, 6) is 1.65. The molecule has 0 radical (unpaired) electrons. The number of benzene rings is 2. The van der Waals surface area contributed by atoms with Crippen molar-refractivity contribution in [3.8, 4) is 22.5 Å². The lowest BCUT2D eigenvalue weighted by molar-refractivity contribution is -0.908. The third-order valence-corrected chi connectivity index (χ3v) is 5.79. The molecule has 0 unspecified atom stereocenters. The summed E-state index contributed by atoms with van der Waals surface area (Å²) < 4.78 is 11.7. The van der Waals surface area contributed by atoms with Gasteiger partial charge in [-0.25, -0.2) is 9.97 Å². The Kier molecular flexibility index (Phi) is 5.91. The van der Waals surface area contributed by atoms with Crippen LogP contribution in [0.5, 0.6) is 0 Å². The van der Waals surface area contributed by atoms with E-state index in [0.717, 1.165) is 79.5 Å². The lowest BCUT2D eigenvalue weighted by Crippen LogP contribution is -3.14. The highest BCUT2D eigenvalue weighted by atomic mass is 16.5. The van der Waals surface area contributed by atoms with Crippen molar-refractivity contribution in [2.24, 2.45) is 0 Å². The molecule has 31 heavy (non-hydrogen) atoms. The van der Waals surface area contributed by atoms with Crippen LogP contribution in [0.15, 0.2) is 71.4 Å². The monoisotopic (exact) mass is 415 g/mol. The Labute approximate surface area is 181 Å². The van der Waals surface area contributed by atoms with Crippen LogP contribution >= 0.6 is 0 Å². The van der Waals surface area contributed by atoms with Gasteiger partial charge < -0.3 is 19.4 Å². The molecule has 5 rings (SSSR count). The van der Waals surface area contributed by atoms with Gasteiger partial charge in [-0.2, -0.15) is 0 Å². The van der Waals surface area contributed by atoms with Crippen LogP contribution in [0.2, 0.25) is 0 Å². The van der Waals surface area contributed by atoms with Crippen LogP contribution < -0.4 is 10.2 Å². The first-order chi connectivity index (χ1) is 15.4. The van der Waals surface area contributed by atoms with Crippen molar-refractivity contribution in [2.45, 2.75) is 6.42 Å². The van der Waals surface area contributed by atoms with Gasteiger partial charge in [0.15, 0.2) is 0 Å². The van der Waals surface area contributed by atoms with E-state index in [-0.39, 0.29) is 0 Å². The number of furan rings is 1. The van der Waals surface area contributed by atoms with Crippen molar-refractivity contribution < 1.29 is 14.1 Å². The van der Waals surface area contributed by atoms with E-state index in [4.69, 9.17) is 9.15 Å². The zero-order valence-electron chi connectivity index (χ0n) is 17.5. The zero-order valence-corrected chi connectivity index (χ0v) is 17.5. The SMILES string of the molecule is c1ccc(-c2oc3ncnc(NCCC[NH+]4CCOCC4)c3c2-c2ccccc2)cc1. The molecular formula is C25H27N4O2+. The number of rotatable bonds is 7. The molecule has 2 aromatic heterocycles. The molecule has 2 N–H and O–H groups in total. The van der Waals surface area contributed by atoms with Crippen molar-refractivity contribution in [1.29, 1.82) is 0 Å². The largest absolute Gasteiger partial charge is 0.437 e. The number of hydrogen-bond donors (Lipinski definition) is 2. The molecule has 1 aliphatic rings. The summed E-state index contributed by atoms with van der Waals surface area (Å²) in [7, 11) is 0. The van der Waals surface area contributed by atoms with Crippen LogP contribution in [-0.4, -0.2) is 49.4 Å². The second-order valence-corrected chi connectivity index (χ2v) is 7.83. The van der Waals surface area contributed by atoms with Crippen LogP contribution in [0.3, 0.4) is 0 Å². The second kappa shape index (κ2) is 9.29. The summed E-state index contributed by atoms with van der Waals surface area (Å²) in [6.07, 6.45) is 2.65. The number of morpholine rings is 1. The van der Waals surface area contributed by atoms with Crippen LogP contribution in [0.25, 0.3) is 33.6 Å². The van der Waals surface area contributed by atoms with Gasteiger partial charge in [-0.05, 0) is 5.56 Å². The lowest BCUT2D eigenvalue weighted by Gasteiger charge is -2.23. The number of aromatic nitrogens is 2. The molecule has 6 nitrogen and oxygen atoms in total. The number of nitrogens with zero attached hydrogens (tertiary/aromatic N) is 2. The van der Waals surface area contributed by atoms with E-state index in [0.29, 0.717) is 5.71 Å². The fraction of sp³-hybridized carbons (Fsp3) is 0.280. The molecule has 0 saturated carbocycles. The highest BCUT2D eigenvalue weighted by molar-refractivity contribution is 6.05. The molecule has 0 spiro atoms. The molecule has 0 atom stereocenters. The minimum atomic E-state index is 0.606. The van der Waals surface area contributed by atoms with Crippen molar-refractivity contribution in [3.05, 3.63) is 67.0 Å². The number of hydrogen-bond acceptors (Lipinski definition) is 5. The predicted octanol–water partition coefficient (Wildman–Crippen LogP) is 3.27. The number of quaternary nitrogens is 1. The van der Waals surface area contributed by atoms with Crippen LogP contribution in [-0.2, 0) is 4.74 Å². The van der Waals surface area contributed by atoms with Crippen LogP contribution in [0, 0.1) is 0 Å². The molecule has 0 bridgehead atoms. The molecule has 0 aliphatic carbocycles. The lowest BCUT2D eigenvalue weighted by atomic mass is 9.99. The molecular weight excluding hydrogens is 388 g/mol. The Bertz CT molecular complexity index is 1120. The zero-order chi connectivity index (χ0) is 20.9. The van der Waals surface area contributed by atoms with Crippen molar-refractivity contribution in [2.75, 3.05) is 44.7 Å². The van der Waals surface area contributed by atoms with Gasteiger partial charge >= 0.3 is 0 Å². The highest BCUT2D eigenvalue weighted by Crippen LogP contribution is 2.42. The Hall–Kier alpha value is -3.22. The molecule has 1 saturated heterocycles. The number of ether oxygens (including phenoxy) is 1. The maximum absolute atomic E-state index is 6.27. The van der Waals surface area contributed by atoms with Gasteiger partial charge in [-0.15, -0.1) is 0 Å². The fourth-order valence-corrected chi connectivity index (χ4v) is 4.20. The standard InChI is InChI=1S/C25H26N4O2/c1-3-8-19(9-4-1)21-22-24(26-12-7-13-29-14-16-30-17-15-29)27-18-28-25(22)31-23(21)20-10-5-2-6-11-20/h1-6,8-11,18H,7,12-17H2,(H,26,27,28)/p+1. The van der Waals surface area contributed by atoms with E-state index < -0.39 is 0 Å². The third kappa shape index (κ3) is 4.31. The molecule has 2 aromatic carbocycles. The molecule has 1 fully saturated rings. The summed E-state index contributed by atoms with van der Waals surface area (Å²) in [4.78, 5) is 10.6. The fourth-order valence-electron chi connectivity index (χ4n) is 4.20. The minimum absolute atomic E-state index is 0.606. The normalized spacial score (nSPS) is 14.7. The van der Waals surface area contributed by atoms with Crippen LogP contribution in [0.4, 0.5) is 5.82 Å². The quantitative estimate of drug-likeness (QED) is 0.454. The van der Waals surface area contributed by atoms with Gasteiger partial charge in [0.1, 0.15) is 31.0 Å². The first-order valence-electron chi connectivity index (χ1n) is 10.9. The first kappa shape index (κ1) is 19.7.